The van der Waals surface area contributed by atoms with Gasteiger partial charge in [0.15, 0.2) is 0 Å². The van der Waals surface area contributed by atoms with Crippen LogP contribution in [0.15, 0.2) is 18.2 Å². The van der Waals surface area contributed by atoms with E-state index in [0.29, 0.717) is 0 Å². The van der Waals surface area contributed by atoms with Crippen molar-refractivity contribution in [2.75, 3.05) is 21.1 Å². The number of phenols is 1. The fraction of sp³-hybridized carbons (Fsp3) is 0.273. The van der Waals surface area contributed by atoms with Crippen LogP contribution < -0.4 is 5.32 Å². The predicted octanol–water partition coefficient (Wildman–Crippen LogP) is 0.454. The van der Waals surface area contributed by atoms with E-state index in [-0.39, 0.29) is 28.7 Å². The lowest BCUT2D eigenvalue weighted by Gasteiger charge is -2.11. The van der Waals surface area contributed by atoms with Crippen LogP contribution in [0.2, 0.25) is 0 Å². The van der Waals surface area contributed by atoms with Crippen molar-refractivity contribution >= 4 is 11.8 Å². The van der Waals surface area contributed by atoms with Crippen molar-refractivity contribution in [1.82, 2.24) is 10.2 Å². The highest BCUT2D eigenvalue weighted by molar-refractivity contribution is 6.00. The van der Waals surface area contributed by atoms with Gasteiger partial charge in [-0.3, -0.25) is 9.59 Å². The molecule has 0 bridgehead atoms. The standard InChI is InChI=1S/C11H14N2O3/c1-12-10(15)7-4-8(6-9(14)5-7)11(16)13(2)3/h4-6,14H,1-3H3,(H,12,15). The molecule has 0 unspecified atom stereocenters. The molecule has 86 valence electrons. The molecule has 0 aliphatic heterocycles. The van der Waals surface area contributed by atoms with Gasteiger partial charge >= 0.3 is 0 Å². The summed E-state index contributed by atoms with van der Waals surface area (Å²) < 4.78 is 0. The first-order chi connectivity index (χ1) is 7.45. The Hall–Kier alpha value is -2.04. The van der Waals surface area contributed by atoms with Crippen molar-refractivity contribution in [3.05, 3.63) is 29.3 Å². The number of benzene rings is 1. The molecular formula is C11H14N2O3. The average molecular weight is 222 g/mol. The lowest BCUT2D eigenvalue weighted by molar-refractivity contribution is 0.0827. The maximum atomic E-state index is 11.6. The first-order valence-corrected chi connectivity index (χ1v) is 4.73. The van der Waals surface area contributed by atoms with Gasteiger partial charge in [-0.1, -0.05) is 0 Å². The number of aromatic hydroxyl groups is 1. The summed E-state index contributed by atoms with van der Waals surface area (Å²) in [5.41, 5.74) is 0.538. The molecule has 0 saturated carbocycles. The first kappa shape index (κ1) is 12.0. The van der Waals surface area contributed by atoms with Gasteiger partial charge in [0.1, 0.15) is 5.75 Å². The molecule has 2 amide bonds. The molecule has 16 heavy (non-hydrogen) atoms. The number of carbonyl (C=O) groups excluding carboxylic acids is 2. The summed E-state index contributed by atoms with van der Waals surface area (Å²) in [6.07, 6.45) is 0. The Kier molecular flexibility index (Phi) is 3.50. The molecule has 0 fully saturated rings. The summed E-state index contributed by atoms with van der Waals surface area (Å²) >= 11 is 0. The van der Waals surface area contributed by atoms with E-state index in [0.717, 1.165) is 0 Å². The van der Waals surface area contributed by atoms with E-state index in [4.69, 9.17) is 0 Å². The largest absolute Gasteiger partial charge is 0.508 e. The molecule has 0 saturated heterocycles. The van der Waals surface area contributed by atoms with Crippen molar-refractivity contribution in [3.63, 3.8) is 0 Å². The van der Waals surface area contributed by atoms with E-state index in [1.807, 2.05) is 0 Å². The van der Waals surface area contributed by atoms with Crippen LogP contribution in [0, 0.1) is 0 Å². The predicted molar refractivity (Wildman–Crippen MR) is 59.5 cm³/mol. The second-order valence-electron chi connectivity index (χ2n) is 3.55. The fourth-order valence-corrected chi connectivity index (χ4v) is 1.27. The average Bonchev–Trinajstić information content (AvgIpc) is 2.25. The van der Waals surface area contributed by atoms with Crippen LogP contribution in [0.1, 0.15) is 20.7 Å². The molecule has 1 aromatic carbocycles. The number of phenolic OH excluding ortho intramolecular Hbond substituents is 1. The minimum absolute atomic E-state index is 0.105. The molecule has 0 atom stereocenters. The number of amides is 2. The topological polar surface area (TPSA) is 69.6 Å². The van der Waals surface area contributed by atoms with E-state index in [2.05, 4.69) is 5.32 Å². The number of hydrogen-bond donors (Lipinski definition) is 2. The Balaban J connectivity index is 3.18. The van der Waals surface area contributed by atoms with Crippen LogP contribution in [0.5, 0.6) is 5.75 Å². The quantitative estimate of drug-likeness (QED) is 0.763. The number of hydrogen-bond acceptors (Lipinski definition) is 3. The molecule has 5 nitrogen and oxygen atoms in total. The molecule has 0 aliphatic rings. The Morgan fingerprint density at radius 1 is 1.19 bits per heavy atom. The molecule has 2 N–H and O–H groups in total. The van der Waals surface area contributed by atoms with Gasteiger partial charge in [-0.15, -0.1) is 0 Å². The number of nitrogens with zero attached hydrogens (tertiary/aromatic N) is 1. The van der Waals surface area contributed by atoms with E-state index < -0.39 is 0 Å². The van der Waals surface area contributed by atoms with Gasteiger partial charge in [-0.05, 0) is 18.2 Å². The normalized spacial score (nSPS) is 9.69. The molecule has 0 spiro atoms. The minimum atomic E-state index is -0.344. The summed E-state index contributed by atoms with van der Waals surface area (Å²) in [6, 6.07) is 4.08. The lowest BCUT2D eigenvalue weighted by atomic mass is 10.1. The second-order valence-corrected chi connectivity index (χ2v) is 3.55. The van der Waals surface area contributed by atoms with Gasteiger partial charge in [0.2, 0.25) is 0 Å². The molecule has 0 heterocycles. The molecule has 5 heteroatoms. The van der Waals surface area contributed by atoms with E-state index in [1.165, 1.54) is 30.1 Å². The fourth-order valence-electron chi connectivity index (χ4n) is 1.27. The Bertz CT molecular complexity index is 427. The maximum absolute atomic E-state index is 11.6. The molecule has 0 aliphatic carbocycles. The van der Waals surface area contributed by atoms with Crippen LogP contribution in [-0.2, 0) is 0 Å². The summed E-state index contributed by atoms with van der Waals surface area (Å²) in [6.45, 7) is 0. The zero-order valence-corrected chi connectivity index (χ0v) is 9.44. The van der Waals surface area contributed by atoms with Crippen molar-refractivity contribution in [2.24, 2.45) is 0 Å². The summed E-state index contributed by atoms with van der Waals surface area (Å²) in [4.78, 5) is 24.4. The first-order valence-electron chi connectivity index (χ1n) is 4.73. The van der Waals surface area contributed by atoms with Gasteiger partial charge in [0, 0.05) is 32.3 Å². The zero-order chi connectivity index (χ0) is 12.3. The highest BCUT2D eigenvalue weighted by atomic mass is 16.3. The summed E-state index contributed by atoms with van der Waals surface area (Å²) in [5, 5.41) is 11.8. The van der Waals surface area contributed by atoms with Gasteiger partial charge in [0.25, 0.3) is 11.8 Å². The number of carbonyl (C=O) groups is 2. The van der Waals surface area contributed by atoms with Crippen LogP contribution in [0.3, 0.4) is 0 Å². The minimum Gasteiger partial charge on any atom is -0.508 e. The number of rotatable bonds is 2. The van der Waals surface area contributed by atoms with Crippen LogP contribution in [0.25, 0.3) is 0 Å². The molecule has 0 radical (unpaired) electrons. The van der Waals surface area contributed by atoms with Gasteiger partial charge in [0.05, 0.1) is 0 Å². The van der Waals surface area contributed by atoms with Gasteiger partial charge in [-0.2, -0.15) is 0 Å². The number of nitrogens with one attached hydrogen (secondary N) is 1. The second kappa shape index (κ2) is 4.65. The smallest absolute Gasteiger partial charge is 0.253 e. The monoisotopic (exact) mass is 222 g/mol. The zero-order valence-electron chi connectivity index (χ0n) is 9.44. The van der Waals surface area contributed by atoms with Gasteiger partial charge in [-0.25, -0.2) is 0 Å². The van der Waals surface area contributed by atoms with Crippen LogP contribution in [0.4, 0.5) is 0 Å². The molecule has 1 rings (SSSR count). The maximum Gasteiger partial charge on any atom is 0.253 e. The molecule has 0 aromatic heterocycles. The van der Waals surface area contributed by atoms with E-state index in [9.17, 15) is 14.7 Å². The summed E-state index contributed by atoms with van der Waals surface area (Å²) in [5.74, 6) is -0.712. The molecule has 1 aromatic rings. The van der Waals surface area contributed by atoms with Crippen molar-refractivity contribution in [1.29, 1.82) is 0 Å². The van der Waals surface area contributed by atoms with Crippen LogP contribution >= 0.6 is 0 Å². The van der Waals surface area contributed by atoms with Crippen molar-refractivity contribution in [2.45, 2.75) is 0 Å². The third-order valence-electron chi connectivity index (χ3n) is 2.06. The Morgan fingerprint density at radius 2 is 1.75 bits per heavy atom. The lowest BCUT2D eigenvalue weighted by Crippen LogP contribution is -2.23. The highest BCUT2D eigenvalue weighted by Crippen LogP contribution is 2.16. The highest BCUT2D eigenvalue weighted by Gasteiger charge is 2.13. The van der Waals surface area contributed by atoms with E-state index in [1.54, 1.807) is 14.1 Å². The van der Waals surface area contributed by atoms with Crippen molar-refractivity contribution < 1.29 is 14.7 Å². The SMILES string of the molecule is CNC(=O)c1cc(O)cc(C(=O)N(C)C)c1. The van der Waals surface area contributed by atoms with Crippen molar-refractivity contribution in [3.8, 4) is 5.75 Å². The van der Waals surface area contributed by atoms with Gasteiger partial charge < -0.3 is 15.3 Å². The third-order valence-corrected chi connectivity index (χ3v) is 2.06. The summed E-state index contributed by atoms with van der Waals surface area (Å²) in [7, 11) is 4.69. The third kappa shape index (κ3) is 2.50. The Labute approximate surface area is 93.7 Å². The Morgan fingerprint density at radius 3 is 2.25 bits per heavy atom. The molecular weight excluding hydrogens is 208 g/mol. The van der Waals surface area contributed by atoms with E-state index >= 15 is 0 Å². The van der Waals surface area contributed by atoms with Crippen LogP contribution in [-0.4, -0.2) is 43.0 Å².